The van der Waals surface area contributed by atoms with Crippen LogP contribution in [0.15, 0.2) is 49.1 Å². The maximum atomic E-state index is 5.27. The molecule has 2 aromatic carbocycles. The number of allylic oxidation sites excluding steroid dienone is 2. The maximum Gasteiger partial charge on any atom is 0.119 e. The Morgan fingerprint density at radius 1 is 1.10 bits per heavy atom. The van der Waals surface area contributed by atoms with Crippen molar-refractivity contribution in [3.05, 3.63) is 76.2 Å². The Labute approximate surface area is 190 Å². The van der Waals surface area contributed by atoms with Gasteiger partial charge in [0.05, 0.1) is 7.11 Å². The van der Waals surface area contributed by atoms with Gasteiger partial charge in [0.15, 0.2) is 0 Å². The number of benzene rings is 2. The van der Waals surface area contributed by atoms with E-state index in [1.807, 2.05) is 39.0 Å². The van der Waals surface area contributed by atoms with E-state index in [2.05, 4.69) is 66.3 Å². The van der Waals surface area contributed by atoms with Crippen LogP contribution in [0.25, 0.3) is 18.7 Å². The lowest BCUT2D eigenvalue weighted by Crippen LogP contribution is -2.47. The fraction of sp³-hybridized carbons (Fsp3) is 0.357. The molecule has 1 fully saturated rings. The predicted octanol–water partition coefficient (Wildman–Crippen LogP) is 5.01. The molecule has 1 saturated heterocycles. The lowest BCUT2D eigenvalue weighted by atomic mass is 9.98. The average Bonchev–Trinajstić information content (AvgIpc) is 2.81. The largest absolute Gasteiger partial charge is 0.497 e. The summed E-state index contributed by atoms with van der Waals surface area (Å²) in [6.07, 6.45) is 8.25. The molecule has 1 aliphatic rings. The minimum absolute atomic E-state index is 0. The molecule has 1 aliphatic heterocycles. The summed E-state index contributed by atoms with van der Waals surface area (Å²) in [5.74, 6) is 0.902. The van der Waals surface area contributed by atoms with Crippen LogP contribution in [-0.4, -0.2) is 38.2 Å². The van der Waals surface area contributed by atoms with Crippen molar-refractivity contribution in [2.75, 3.05) is 38.2 Å². The normalized spacial score (nSPS) is 15.0. The number of methoxy groups -OCH3 is 1. The van der Waals surface area contributed by atoms with Crippen LogP contribution in [0.1, 0.15) is 38.9 Å². The SMILES string of the molecule is C=Cc1c(C)cc(CN2CCN(c3ccc(OC)cc3)CC2)/c(=C/C=C\C)c1=C.CC.[HH]. The molecule has 168 valence electrons. The average molecular weight is 421 g/mol. The van der Waals surface area contributed by atoms with Crippen molar-refractivity contribution in [3.8, 4) is 5.75 Å². The van der Waals surface area contributed by atoms with Crippen molar-refractivity contribution in [3.63, 3.8) is 0 Å². The third-order valence-corrected chi connectivity index (χ3v) is 5.68. The summed E-state index contributed by atoms with van der Waals surface area (Å²) in [6.45, 7) is 21.6. The molecule has 0 aromatic heterocycles. The van der Waals surface area contributed by atoms with Gasteiger partial charge in [0.1, 0.15) is 5.75 Å². The fourth-order valence-corrected chi connectivity index (χ4v) is 4.01. The van der Waals surface area contributed by atoms with Crippen LogP contribution >= 0.6 is 0 Å². The van der Waals surface area contributed by atoms with Gasteiger partial charge in [0.25, 0.3) is 0 Å². The zero-order valence-corrected chi connectivity index (χ0v) is 19.9. The third-order valence-electron chi connectivity index (χ3n) is 5.68. The molecule has 2 aromatic rings. The summed E-state index contributed by atoms with van der Waals surface area (Å²) in [6, 6.07) is 10.7. The van der Waals surface area contributed by atoms with E-state index in [4.69, 9.17) is 4.74 Å². The highest BCUT2D eigenvalue weighted by atomic mass is 16.5. The van der Waals surface area contributed by atoms with Gasteiger partial charge in [0.2, 0.25) is 0 Å². The topological polar surface area (TPSA) is 15.7 Å². The Morgan fingerprint density at radius 3 is 2.29 bits per heavy atom. The first kappa shape index (κ1) is 24.5. The van der Waals surface area contributed by atoms with Crippen molar-refractivity contribution in [1.82, 2.24) is 4.90 Å². The molecule has 0 atom stereocenters. The first-order valence-corrected chi connectivity index (χ1v) is 11.3. The van der Waals surface area contributed by atoms with Crippen molar-refractivity contribution in [2.24, 2.45) is 0 Å². The number of piperazine rings is 1. The zero-order valence-electron chi connectivity index (χ0n) is 19.9. The molecule has 0 radical (unpaired) electrons. The summed E-state index contributed by atoms with van der Waals surface area (Å²) in [7, 11) is 1.70. The van der Waals surface area contributed by atoms with E-state index in [1.165, 1.54) is 22.0 Å². The van der Waals surface area contributed by atoms with Crippen LogP contribution in [0, 0.1) is 6.92 Å². The molecule has 0 spiro atoms. The Morgan fingerprint density at radius 2 is 1.74 bits per heavy atom. The second kappa shape index (κ2) is 12.2. The second-order valence-electron chi connectivity index (χ2n) is 7.52. The van der Waals surface area contributed by atoms with E-state index < -0.39 is 0 Å². The van der Waals surface area contributed by atoms with Crippen LogP contribution in [0.4, 0.5) is 5.69 Å². The first-order valence-electron chi connectivity index (χ1n) is 11.3. The Balaban J connectivity index is 0.00000166. The Bertz CT molecular complexity index is 988. The number of ether oxygens (including phenoxy) is 1. The highest BCUT2D eigenvalue weighted by Crippen LogP contribution is 2.21. The Hall–Kier alpha value is -2.78. The van der Waals surface area contributed by atoms with E-state index in [-0.39, 0.29) is 1.43 Å². The highest BCUT2D eigenvalue weighted by Gasteiger charge is 2.18. The van der Waals surface area contributed by atoms with Gasteiger partial charge in [-0.15, -0.1) is 0 Å². The summed E-state index contributed by atoms with van der Waals surface area (Å²) < 4.78 is 5.27. The second-order valence-corrected chi connectivity index (χ2v) is 7.52. The molecule has 0 unspecified atom stereocenters. The molecule has 3 heteroatoms. The van der Waals surface area contributed by atoms with Gasteiger partial charge in [-0.3, -0.25) is 4.90 Å². The van der Waals surface area contributed by atoms with Crippen LogP contribution in [-0.2, 0) is 6.54 Å². The number of hydrogen-bond donors (Lipinski definition) is 0. The minimum atomic E-state index is 0. The minimum Gasteiger partial charge on any atom is -0.497 e. The van der Waals surface area contributed by atoms with Gasteiger partial charge in [-0.25, -0.2) is 0 Å². The molecule has 0 N–H and O–H groups in total. The Kier molecular flexibility index (Phi) is 9.61. The highest BCUT2D eigenvalue weighted by molar-refractivity contribution is 5.57. The zero-order chi connectivity index (χ0) is 22.8. The van der Waals surface area contributed by atoms with Gasteiger partial charge in [-0.2, -0.15) is 0 Å². The van der Waals surface area contributed by atoms with Gasteiger partial charge >= 0.3 is 0 Å². The van der Waals surface area contributed by atoms with Gasteiger partial charge in [-0.05, 0) is 65.2 Å². The standard InChI is InChI=1S/C26H32N2O.C2H6.H2/c1-6-8-9-26-21(4)25(7-2)20(3)18-22(26)19-27-14-16-28(17-15-27)23-10-12-24(29-5)13-11-23;1-2;/h6-13,18H,2,4,14-17,19H2,1,3,5H3;1-2H3;1H/b8-6-,26-9+;;. The quantitative estimate of drug-likeness (QED) is 0.653. The summed E-state index contributed by atoms with van der Waals surface area (Å²) in [5, 5.41) is 2.30. The van der Waals surface area contributed by atoms with E-state index in [0.29, 0.717) is 0 Å². The van der Waals surface area contributed by atoms with E-state index in [9.17, 15) is 0 Å². The molecular formula is C28H40N2O. The molecule has 0 aliphatic carbocycles. The van der Waals surface area contributed by atoms with Crippen LogP contribution < -0.4 is 20.1 Å². The van der Waals surface area contributed by atoms with E-state index in [1.54, 1.807) is 7.11 Å². The smallest absolute Gasteiger partial charge is 0.119 e. The summed E-state index contributed by atoms with van der Waals surface area (Å²) >= 11 is 0. The molecule has 0 bridgehead atoms. The summed E-state index contributed by atoms with van der Waals surface area (Å²) in [4.78, 5) is 4.98. The predicted molar refractivity (Wildman–Crippen MR) is 139 cm³/mol. The monoisotopic (exact) mass is 420 g/mol. The lowest BCUT2D eigenvalue weighted by Gasteiger charge is -2.36. The molecular weight excluding hydrogens is 380 g/mol. The molecule has 3 nitrogen and oxygen atoms in total. The van der Waals surface area contributed by atoms with Gasteiger partial charge in [-0.1, -0.05) is 57.4 Å². The first-order chi connectivity index (χ1) is 15.1. The number of rotatable bonds is 6. The van der Waals surface area contributed by atoms with Crippen LogP contribution in [0.5, 0.6) is 5.75 Å². The van der Waals surface area contributed by atoms with Crippen molar-refractivity contribution in [2.45, 2.75) is 34.2 Å². The number of anilines is 1. The third kappa shape index (κ3) is 6.11. The van der Waals surface area contributed by atoms with Crippen LogP contribution in [0.2, 0.25) is 0 Å². The van der Waals surface area contributed by atoms with Gasteiger partial charge < -0.3 is 9.64 Å². The van der Waals surface area contributed by atoms with E-state index >= 15 is 0 Å². The number of hydrogen-bond acceptors (Lipinski definition) is 3. The molecule has 3 rings (SSSR count). The molecule has 1 heterocycles. The maximum absolute atomic E-state index is 5.27. The van der Waals surface area contributed by atoms with Crippen molar-refractivity contribution >= 4 is 24.4 Å². The number of aryl methyl sites for hydroxylation is 1. The van der Waals surface area contributed by atoms with E-state index in [0.717, 1.165) is 49.3 Å². The molecule has 31 heavy (non-hydrogen) atoms. The van der Waals surface area contributed by atoms with Gasteiger partial charge in [0, 0.05) is 39.8 Å². The van der Waals surface area contributed by atoms with Crippen molar-refractivity contribution < 1.29 is 6.16 Å². The fourth-order valence-electron chi connectivity index (χ4n) is 4.01. The summed E-state index contributed by atoms with van der Waals surface area (Å²) in [5.41, 5.74) is 5.00. The number of nitrogens with zero attached hydrogens (tertiary/aromatic N) is 2. The van der Waals surface area contributed by atoms with Crippen LogP contribution in [0.3, 0.4) is 0 Å². The van der Waals surface area contributed by atoms with Crippen molar-refractivity contribution in [1.29, 1.82) is 0 Å². The molecule has 0 amide bonds. The lowest BCUT2D eigenvalue weighted by molar-refractivity contribution is 0.249. The molecule has 0 saturated carbocycles.